The van der Waals surface area contributed by atoms with Crippen LogP contribution in [0.2, 0.25) is 0 Å². The van der Waals surface area contributed by atoms with E-state index in [4.69, 9.17) is 0 Å². The molecule has 1 aliphatic heterocycles. The number of pyridine rings is 1. The lowest BCUT2D eigenvalue weighted by molar-refractivity contribution is 0.369. The fourth-order valence-electron chi connectivity index (χ4n) is 2.27. The molecule has 1 N–H and O–H groups in total. The molecule has 0 aromatic carbocycles. The van der Waals surface area contributed by atoms with E-state index in [0.29, 0.717) is 6.04 Å². The highest BCUT2D eigenvalue weighted by molar-refractivity contribution is 5.48. The van der Waals surface area contributed by atoms with E-state index in [-0.39, 0.29) is 0 Å². The normalized spacial score (nSPS) is 17.2. The smallest absolute Gasteiger partial charge is 0.182 e. The largest absolute Gasteiger partial charge is 0.317 e. The average molecular weight is 229 g/mol. The summed E-state index contributed by atoms with van der Waals surface area (Å²) >= 11 is 0. The highest BCUT2D eigenvalue weighted by Crippen LogP contribution is 2.23. The third-order valence-electron chi connectivity index (χ3n) is 3.17. The topological polar surface area (TPSA) is 55.6 Å². The number of hydrogen-bond acceptors (Lipinski definition) is 4. The Morgan fingerprint density at radius 2 is 2.12 bits per heavy atom. The summed E-state index contributed by atoms with van der Waals surface area (Å²) in [6.45, 7) is 2.12. The Morgan fingerprint density at radius 1 is 1.24 bits per heavy atom. The molecule has 1 aliphatic rings. The van der Waals surface area contributed by atoms with Gasteiger partial charge < -0.3 is 9.88 Å². The molecule has 0 spiro atoms. The summed E-state index contributed by atoms with van der Waals surface area (Å²) in [5.41, 5.74) is 0.892. The number of nitrogens with zero attached hydrogens (tertiary/aromatic N) is 4. The molecule has 3 heterocycles. The lowest BCUT2D eigenvalue weighted by atomic mass is 10.1. The first-order chi connectivity index (χ1) is 8.45. The van der Waals surface area contributed by atoms with E-state index in [1.54, 1.807) is 6.20 Å². The zero-order valence-electron chi connectivity index (χ0n) is 9.58. The highest BCUT2D eigenvalue weighted by atomic mass is 15.3. The Morgan fingerprint density at radius 3 is 2.88 bits per heavy atom. The number of aromatic nitrogens is 4. The summed E-state index contributed by atoms with van der Waals surface area (Å²) in [6, 6.07) is 6.35. The summed E-state index contributed by atoms with van der Waals surface area (Å²) in [5.74, 6) is 0.873. The van der Waals surface area contributed by atoms with Crippen molar-refractivity contribution in [3.63, 3.8) is 0 Å². The first kappa shape index (κ1) is 10.4. The maximum Gasteiger partial charge on any atom is 0.182 e. The van der Waals surface area contributed by atoms with Crippen molar-refractivity contribution in [2.75, 3.05) is 13.1 Å². The van der Waals surface area contributed by atoms with Crippen LogP contribution in [-0.2, 0) is 0 Å². The van der Waals surface area contributed by atoms with E-state index in [0.717, 1.165) is 37.4 Å². The van der Waals surface area contributed by atoms with Crippen molar-refractivity contribution in [2.24, 2.45) is 0 Å². The molecule has 0 aliphatic carbocycles. The molecule has 0 amide bonds. The Hall–Kier alpha value is -1.75. The summed E-state index contributed by atoms with van der Waals surface area (Å²) in [6.07, 6.45) is 5.85. The number of rotatable bonds is 2. The molecule has 3 rings (SSSR count). The quantitative estimate of drug-likeness (QED) is 0.842. The van der Waals surface area contributed by atoms with Crippen molar-refractivity contribution in [3.8, 4) is 11.5 Å². The molecule has 0 bridgehead atoms. The lowest BCUT2D eigenvalue weighted by Gasteiger charge is -2.24. The molecule has 2 aromatic rings. The van der Waals surface area contributed by atoms with Crippen molar-refractivity contribution in [3.05, 3.63) is 30.7 Å². The van der Waals surface area contributed by atoms with Gasteiger partial charge >= 0.3 is 0 Å². The van der Waals surface area contributed by atoms with Crippen LogP contribution in [0.15, 0.2) is 30.7 Å². The van der Waals surface area contributed by atoms with Crippen LogP contribution in [-0.4, -0.2) is 32.8 Å². The molecular weight excluding hydrogens is 214 g/mol. The van der Waals surface area contributed by atoms with Gasteiger partial charge in [-0.2, -0.15) is 0 Å². The van der Waals surface area contributed by atoms with Crippen molar-refractivity contribution in [2.45, 2.75) is 18.9 Å². The standard InChI is InChI=1S/C12H15N5/c1-2-6-14-11(3-1)12-16-15-9-17(12)10-4-7-13-8-5-10/h1-3,6,9-10,13H,4-5,7-8H2. The summed E-state index contributed by atoms with van der Waals surface area (Å²) in [4.78, 5) is 4.34. The monoisotopic (exact) mass is 229 g/mol. The molecule has 0 atom stereocenters. The van der Waals surface area contributed by atoms with Crippen LogP contribution in [0.1, 0.15) is 18.9 Å². The Bertz CT molecular complexity index is 473. The minimum Gasteiger partial charge on any atom is -0.317 e. The highest BCUT2D eigenvalue weighted by Gasteiger charge is 2.19. The average Bonchev–Trinajstić information content (AvgIpc) is 2.90. The van der Waals surface area contributed by atoms with Gasteiger partial charge in [0.05, 0.1) is 0 Å². The third-order valence-corrected chi connectivity index (χ3v) is 3.17. The van der Waals surface area contributed by atoms with Crippen molar-refractivity contribution < 1.29 is 0 Å². The van der Waals surface area contributed by atoms with E-state index in [2.05, 4.69) is 25.1 Å². The molecule has 5 nitrogen and oxygen atoms in total. The van der Waals surface area contributed by atoms with Crippen molar-refractivity contribution >= 4 is 0 Å². The number of nitrogens with one attached hydrogen (secondary N) is 1. The number of hydrogen-bond donors (Lipinski definition) is 1. The molecule has 1 fully saturated rings. The number of piperidine rings is 1. The Labute approximate surface area is 99.9 Å². The molecular formula is C12H15N5. The van der Waals surface area contributed by atoms with Crippen LogP contribution in [0, 0.1) is 0 Å². The predicted octanol–water partition coefficient (Wildman–Crippen LogP) is 1.26. The zero-order valence-corrected chi connectivity index (χ0v) is 9.58. The first-order valence-corrected chi connectivity index (χ1v) is 5.97. The van der Waals surface area contributed by atoms with Gasteiger partial charge in [-0.15, -0.1) is 10.2 Å². The van der Waals surface area contributed by atoms with Crippen molar-refractivity contribution in [1.29, 1.82) is 0 Å². The first-order valence-electron chi connectivity index (χ1n) is 5.97. The van der Waals surface area contributed by atoms with Gasteiger partial charge in [0, 0.05) is 12.2 Å². The summed E-state index contributed by atoms with van der Waals surface area (Å²) in [5, 5.41) is 11.6. The maximum absolute atomic E-state index is 4.34. The fraction of sp³-hybridized carbons (Fsp3) is 0.417. The van der Waals surface area contributed by atoms with Gasteiger partial charge in [-0.25, -0.2) is 0 Å². The zero-order chi connectivity index (χ0) is 11.5. The van der Waals surface area contributed by atoms with Crippen LogP contribution in [0.4, 0.5) is 0 Å². The van der Waals surface area contributed by atoms with Crippen LogP contribution < -0.4 is 5.32 Å². The van der Waals surface area contributed by atoms with Gasteiger partial charge in [-0.3, -0.25) is 4.98 Å². The molecule has 0 radical (unpaired) electrons. The Balaban J connectivity index is 1.93. The lowest BCUT2D eigenvalue weighted by Crippen LogP contribution is -2.29. The van der Waals surface area contributed by atoms with Gasteiger partial charge in [-0.1, -0.05) is 6.07 Å². The summed E-state index contributed by atoms with van der Waals surface area (Å²) in [7, 11) is 0. The van der Waals surface area contributed by atoms with Gasteiger partial charge in [0.25, 0.3) is 0 Å². The Kier molecular flexibility index (Phi) is 2.83. The second-order valence-corrected chi connectivity index (χ2v) is 4.26. The third kappa shape index (κ3) is 2.06. The molecule has 1 saturated heterocycles. The van der Waals surface area contributed by atoms with Gasteiger partial charge in [0.2, 0.25) is 0 Å². The predicted molar refractivity (Wildman–Crippen MR) is 64.4 cm³/mol. The molecule has 5 heteroatoms. The fourth-order valence-corrected chi connectivity index (χ4v) is 2.27. The van der Waals surface area contributed by atoms with E-state index >= 15 is 0 Å². The molecule has 0 saturated carbocycles. The SMILES string of the molecule is c1ccc(-c2nncn2C2CCNCC2)nc1. The minimum absolute atomic E-state index is 0.489. The summed E-state index contributed by atoms with van der Waals surface area (Å²) < 4.78 is 2.16. The van der Waals surface area contributed by atoms with Gasteiger partial charge in [0.1, 0.15) is 12.0 Å². The minimum atomic E-state index is 0.489. The van der Waals surface area contributed by atoms with Crippen molar-refractivity contribution in [1.82, 2.24) is 25.1 Å². The molecule has 17 heavy (non-hydrogen) atoms. The van der Waals surface area contributed by atoms with E-state index < -0.39 is 0 Å². The molecule has 0 unspecified atom stereocenters. The van der Waals surface area contributed by atoms with Crippen LogP contribution >= 0.6 is 0 Å². The van der Waals surface area contributed by atoms with E-state index in [1.165, 1.54) is 0 Å². The molecule has 88 valence electrons. The van der Waals surface area contributed by atoms with E-state index in [9.17, 15) is 0 Å². The second-order valence-electron chi connectivity index (χ2n) is 4.26. The van der Waals surface area contributed by atoms with E-state index in [1.807, 2.05) is 24.5 Å². The van der Waals surface area contributed by atoms with Gasteiger partial charge in [0.15, 0.2) is 5.82 Å². The van der Waals surface area contributed by atoms with Crippen LogP contribution in [0.25, 0.3) is 11.5 Å². The van der Waals surface area contributed by atoms with Crippen LogP contribution in [0.5, 0.6) is 0 Å². The van der Waals surface area contributed by atoms with Gasteiger partial charge in [-0.05, 0) is 38.1 Å². The molecule has 2 aromatic heterocycles. The second kappa shape index (κ2) is 4.63. The maximum atomic E-state index is 4.34. The van der Waals surface area contributed by atoms with Crippen LogP contribution in [0.3, 0.4) is 0 Å².